The fourth-order valence-electron chi connectivity index (χ4n) is 3.14. The van der Waals surface area contributed by atoms with E-state index in [9.17, 15) is 0 Å². The minimum Gasteiger partial charge on any atom is -0.461 e. The van der Waals surface area contributed by atoms with Gasteiger partial charge in [0.15, 0.2) is 5.76 Å². The van der Waals surface area contributed by atoms with Gasteiger partial charge in [-0.15, -0.1) is 0 Å². The Balaban J connectivity index is 1.35. The van der Waals surface area contributed by atoms with E-state index in [1.54, 1.807) is 6.26 Å². The van der Waals surface area contributed by atoms with Gasteiger partial charge in [-0.05, 0) is 36.8 Å². The molecule has 1 fully saturated rings. The predicted molar refractivity (Wildman–Crippen MR) is 92.9 cm³/mol. The van der Waals surface area contributed by atoms with Crippen LogP contribution in [0.2, 0.25) is 0 Å². The van der Waals surface area contributed by atoms with E-state index in [2.05, 4.69) is 46.1 Å². The summed E-state index contributed by atoms with van der Waals surface area (Å²) in [7, 11) is 0. The Hall–Kier alpha value is -2.53. The highest BCUT2D eigenvalue weighted by Crippen LogP contribution is 2.22. The molecule has 0 saturated carbocycles. The summed E-state index contributed by atoms with van der Waals surface area (Å²) < 4.78 is 10.7. The Labute approximate surface area is 141 Å². The van der Waals surface area contributed by atoms with E-state index in [0.717, 1.165) is 44.2 Å². The molecule has 0 unspecified atom stereocenters. The maximum Gasteiger partial charge on any atom is 0.202 e. The van der Waals surface area contributed by atoms with Crippen molar-refractivity contribution in [3.05, 3.63) is 60.0 Å². The molecule has 1 aliphatic heterocycles. The number of aromatic nitrogens is 1. The normalized spacial score (nSPS) is 15.8. The molecule has 5 nitrogen and oxygen atoms in total. The molecule has 0 atom stereocenters. The number of hydrogen-bond acceptors (Lipinski definition) is 5. The first-order valence-electron chi connectivity index (χ1n) is 8.31. The van der Waals surface area contributed by atoms with Crippen molar-refractivity contribution < 1.29 is 8.94 Å². The van der Waals surface area contributed by atoms with Crippen LogP contribution in [0.5, 0.6) is 0 Å². The largest absolute Gasteiger partial charge is 0.461 e. The van der Waals surface area contributed by atoms with Crippen LogP contribution in [0.1, 0.15) is 11.3 Å². The number of benzene rings is 1. The quantitative estimate of drug-likeness (QED) is 0.734. The van der Waals surface area contributed by atoms with Crippen molar-refractivity contribution in [2.45, 2.75) is 13.5 Å². The number of aryl methyl sites for hydroxylation is 1. The van der Waals surface area contributed by atoms with Gasteiger partial charge in [0.2, 0.25) is 5.76 Å². The molecule has 1 aliphatic rings. The van der Waals surface area contributed by atoms with Gasteiger partial charge in [-0.25, -0.2) is 0 Å². The molecule has 0 N–H and O–H groups in total. The van der Waals surface area contributed by atoms with Gasteiger partial charge < -0.3 is 13.8 Å². The van der Waals surface area contributed by atoms with Crippen molar-refractivity contribution in [3.63, 3.8) is 0 Å². The van der Waals surface area contributed by atoms with Gasteiger partial charge in [0.05, 0.1) is 12.0 Å². The van der Waals surface area contributed by atoms with Crippen molar-refractivity contribution >= 4 is 5.69 Å². The van der Waals surface area contributed by atoms with Crippen molar-refractivity contribution in [3.8, 4) is 11.5 Å². The highest BCUT2D eigenvalue weighted by molar-refractivity contribution is 5.50. The van der Waals surface area contributed by atoms with Crippen LogP contribution in [0.3, 0.4) is 0 Å². The van der Waals surface area contributed by atoms with Crippen LogP contribution in [0.25, 0.3) is 11.5 Å². The molecule has 1 saturated heterocycles. The lowest BCUT2D eigenvalue weighted by Crippen LogP contribution is -2.46. The van der Waals surface area contributed by atoms with E-state index in [-0.39, 0.29) is 0 Å². The van der Waals surface area contributed by atoms with Gasteiger partial charge in [-0.3, -0.25) is 4.90 Å². The molecule has 3 aromatic rings. The topological polar surface area (TPSA) is 45.7 Å². The lowest BCUT2D eigenvalue weighted by molar-refractivity contribution is 0.242. The summed E-state index contributed by atoms with van der Waals surface area (Å²) in [5, 5.41) is 4.16. The lowest BCUT2D eigenvalue weighted by Gasteiger charge is -2.35. The van der Waals surface area contributed by atoms with E-state index in [4.69, 9.17) is 8.94 Å². The van der Waals surface area contributed by atoms with Crippen LogP contribution in [0, 0.1) is 6.92 Å². The molecular formula is C19H21N3O2. The van der Waals surface area contributed by atoms with Gasteiger partial charge in [-0.2, -0.15) is 0 Å². The van der Waals surface area contributed by atoms with Gasteiger partial charge >= 0.3 is 0 Å². The molecule has 124 valence electrons. The van der Waals surface area contributed by atoms with E-state index in [0.29, 0.717) is 5.76 Å². The zero-order valence-corrected chi connectivity index (χ0v) is 13.8. The van der Waals surface area contributed by atoms with Crippen molar-refractivity contribution in [1.82, 2.24) is 10.1 Å². The number of furan rings is 1. The highest BCUT2D eigenvalue weighted by Gasteiger charge is 2.19. The Bertz CT molecular complexity index is 787. The zero-order chi connectivity index (χ0) is 16.4. The molecule has 0 amide bonds. The number of piperazine rings is 1. The summed E-state index contributed by atoms with van der Waals surface area (Å²) in [5.74, 6) is 1.41. The van der Waals surface area contributed by atoms with E-state index in [1.807, 2.05) is 18.2 Å². The molecule has 24 heavy (non-hydrogen) atoms. The standard InChI is InChI=1S/C19H21N3O2/c1-15-4-2-5-17(12-15)22-9-7-21(8-10-22)14-16-13-19(24-20-16)18-6-3-11-23-18/h2-6,11-13H,7-10,14H2,1H3. The van der Waals surface area contributed by atoms with E-state index < -0.39 is 0 Å². The average molecular weight is 323 g/mol. The molecule has 1 aromatic carbocycles. The monoisotopic (exact) mass is 323 g/mol. The van der Waals surface area contributed by atoms with Gasteiger partial charge in [-0.1, -0.05) is 17.3 Å². The van der Waals surface area contributed by atoms with Crippen LogP contribution in [-0.2, 0) is 6.54 Å². The summed E-state index contributed by atoms with van der Waals surface area (Å²) >= 11 is 0. The van der Waals surface area contributed by atoms with Crippen molar-refractivity contribution in [1.29, 1.82) is 0 Å². The molecule has 3 heterocycles. The summed E-state index contributed by atoms with van der Waals surface area (Å²) in [4.78, 5) is 4.86. The predicted octanol–water partition coefficient (Wildman–Crippen LogP) is 3.57. The van der Waals surface area contributed by atoms with E-state index in [1.165, 1.54) is 11.3 Å². The molecule has 4 rings (SSSR count). The summed E-state index contributed by atoms with van der Waals surface area (Å²) in [6, 6.07) is 14.4. The number of rotatable bonds is 4. The van der Waals surface area contributed by atoms with Crippen LogP contribution in [-0.4, -0.2) is 36.2 Å². The third-order valence-corrected chi connectivity index (χ3v) is 4.45. The van der Waals surface area contributed by atoms with Gasteiger partial charge in [0.25, 0.3) is 0 Å². The van der Waals surface area contributed by atoms with Gasteiger partial charge in [0, 0.05) is 44.5 Å². The third-order valence-electron chi connectivity index (χ3n) is 4.45. The highest BCUT2D eigenvalue weighted by atomic mass is 16.5. The van der Waals surface area contributed by atoms with Crippen molar-refractivity contribution in [2.24, 2.45) is 0 Å². The van der Waals surface area contributed by atoms with Gasteiger partial charge in [0.1, 0.15) is 0 Å². The number of anilines is 1. The molecule has 2 aromatic heterocycles. The second-order valence-corrected chi connectivity index (χ2v) is 6.26. The first kappa shape index (κ1) is 15.0. The first-order chi connectivity index (χ1) is 11.8. The number of hydrogen-bond donors (Lipinski definition) is 0. The average Bonchev–Trinajstić information content (AvgIpc) is 3.27. The Kier molecular flexibility index (Phi) is 4.09. The van der Waals surface area contributed by atoms with Crippen LogP contribution >= 0.6 is 0 Å². The molecule has 0 spiro atoms. The van der Waals surface area contributed by atoms with Crippen LogP contribution in [0.4, 0.5) is 5.69 Å². The fourth-order valence-corrected chi connectivity index (χ4v) is 3.14. The molecule has 0 radical (unpaired) electrons. The Morgan fingerprint density at radius 2 is 1.88 bits per heavy atom. The maximum atomic E-state index is 5.37. The van der Waals surface area contributed by atoms with Crippen LogP contribution in [0.15, 0.2) is 57.7 Å². The summed E-state index contributed by atoms with van der Waals surface area (Å²) in [6.07, 6.45) is 1.64. The maximum absolute atomic E-state index is 5.37. The minimum absolute atomic E-state index is 0.688. The molecular weight excluding hydrogens is 302 g/mol. The van der Waals surface area contributed by atoms with E-state index >= 15 is 0 Å². The third kappa shape index (κ3) is 3.21. The molecule has 0 bridgehead atoms. The number of nitrogens with zero attached hydrogens (tertiary/aromatic N) is 3. The second kappa shape index (κ2) is 6.53. The second-order valence-electron chi connectivity index (χ2n) is 6.26. The lowest BCUT2D eigenvalue weighted by atomic mass is 10.2. The minimum atomic E-state index is 0.688. The summed E-state index contributed by atoms with van der Waals surface area (Å²) in [5.41, 5.74) is 3.57. The summed E-state index contributed by atoms with van der Waals surface area (Å²) in [6.45, 7) is 7.07. The first-order valence-corrected chi connectivity index (χ1v) is 8.31. The Morgan fingerprint density at radius 1 is 1.00 bits per heavy atom. The zero-order valence-electron chi connectivity index (χ0n) is 13.8. The van der Waals surface area contributed by atoms with Crippen molar-refractivity contribution in [2.75, 3.05) is 31.1 Å². The Morgan fingerprint density at radius 3 is 2.62 bits per heavy atom. The SMILES string of the molecule is Cc1cccc(N2CCN(Cc3cc(-c4ccco4)on3)CC2)c1. The van der Waals surface area contributed by atoms with Crippen LogP contribution < -0.4 is 4.90 Å². The molecule has 0 aliphatic carbocycles. The molecule has 5 heteroatoms. The fraction of sp³-hybridized carbons (Fsp3) is 0.316. The smallest absolute Gasteiger partial charge is 0.202 e.